The van der Waals surface area contributed by atoms with Crippen LogP contribution in [-0.2, 0) is 36.2 Å². The Kier molecular flexibility index (Phi) is 8.65. The van der Waals surface area contributed by atoms with Crippen LogP contribution < -0.4 is 40.1 Å². The maximum absolute atomic E-state index is 6.57. The van der Waals surface area contributed by atoms with E-state index in [-0.39, 0.29) is 23.6 Å². The zero-order chi connectivity index (χ0) is 21.0. The molecule has 0 aliphatic carbocycles. The van der Waals surface area contributed by atoms with Crippen LogP contribution in [0.15, 0.2) is 121 Å². The second kappa shape index (κ2) is 10.8. The summed E-state index contributed by atoms with van der Waals surface area (Å²) in [5.41, 5.74) is 0. The second-order valence-corrected chi connectivity index (χ2v) is 17.7. The molecule has 0 fully saturated rings. The van der Waals surface area contributed by atoms with Gasteiger partial charge in [-0.1, -0.05) is 150 Å². The van der Waals surface area contributed by atoms with Crippen molar-refractivity contribution in [3.63, 3.8) is 0 Å². The van der Waals surface area contributed by atoms with E-state index >= 15 is 0 Å². The minimum atomic E-state index is -2.37. The van der Waals surface area contributed by atoms with Gasteiger partial charge in [0, 0.05) is 0 Å². The smallest absolute Gasteiger partial charge is 0.777 e. The van der Waals surface area contributed by atoms with E-state index in [1.54, 1.807) is 0 Å². The molecule has 0 saturated carbocycles. The summed E-state index contributed by atoms with van der Waals surface area (Å²) in [4.78, 5) is 0. The van der Waals surface area contributed by atoms with E-state index in [1.165, 1.54) is 0 Å². The molecule has 0 unspecified atom stereocenters. The number of benzene rings is 4. The van der Waals surface area contributed by atoms with Crippen LogP contribution in [0.1, 0.15) is 0 Å². The van der Waals surface area contributed by atoms with E-state index in [1.807, 2.05) is 24.3 Å². The van der Waals surface area contributed by atoms with Crippen molar-refractivity contribution in [2.24, 2.45) is 0 Å². The largest absolute Gasteiger partial charge is 1.00 e. The molecule has 0 aliphatic heterocycles. The summed E-state index contributed by atoms with van der Waals surface area (Å²) < 4.78 is -0.274. The predicted molar refractivity (Wildman–Crippen MR) is 144 cm³/mol. The van der Waals surface area contributed by atoms with Gasteiger partial charge in [0.25, 0.3) is 0 Å². The van der Waals surface area contributed by atoms with Crippen molar-refractivity contribution in [2.75, 3.05) is 0 Å². The molecule has 0 nitrogen and oxygen atoms in total. The molecule has 0 atom stereocenters. The fraction of sp³-hybridized carbons (Fsp3) is 0.0400. The van der Waals surface area contributed by atoms with Gasteiger partial charge in [0.2, 0.25) is 0 Å². The first-order valence-electron chi connectivity index (χ1n) is 9.65. The summed E-state index contributed by atoms with van der Waals surface area (Å²) >= 11 is 19.6. The molecule has 0 N–H and O–H groups in total. The van der Waals surface area contributed by atoms with Crippen molar-refractivity contribution < 1.29 is 18.9 Å². The van der Waals surface area contributed by atoms with Crippen molar-refractivity contribution in [1.29, 1.82) is 0 Å². The average molecular weight is 487 g/mol. The van der Waals surface area contributed by atoms with Crippen molar-refractivity contribution in [3.05, 3.63) is 121 Å². The first-order valence-corrected chi connectivity index (χ1v) is 15.9. The molecule has 150 valence electrons. The molecule has 0 aliphatic rings. The first kappa shape index (κ1) is 24.8. The summed E-state index contributed by atoms with van der Waals surface area (Å²) in [6.45, 7) is 0. The molecule has 0 aromatic heterocycles. The topological polar surface area (TPSA) is 0 Å². The number of rotatable bonds is 6. The van der Waals surface area contributed by atoms with Crippen LogP contribution in [-0.4, -0.2) is 4.73 Å². The van der Waals surface area contributed by atoms with Gasteiger partial charge in [0.05, 0.1) is 0 Å². The van der Waals surface area contributed by atoms with Crippen LogP contribution >= 0.6 is 12.1 Å². The summed E-state index contributed by atoms with van der Waals surface area (Å²) in [6, 6.07) is 36.8. The van der Waals surface area contributed by atoms with Gasteiger partial charge >= 0.3 is 18.9 Å². The maximum atomic E-state index is 6.57. The monoisotopic (exact) mass is 486 g/mol. The molecule has 4 aromatic carbocycles. The number of hydrogen-bond donors (Lipinski definition) is 0. The summed E-state index contributed by atoms with van der Waals surface area (Å²) in [7, 11) is 0. The molecule has 0 spiro atoms. The van der Waals surface area contributed by atoms with Crippen molar-refractivity contribution in [1.82, 2.24) is 0 Å². The van der Waals surface area contributed by atoms with Crippen LogP contribution in [0.2, 0.25) is 0 Å². The minimum absolute atomic E-state index is 0. The van der Waals surface area contributed by atoms with E-state index in [0.717, 1.165) is 21.2 Å². The van der Waals surface area contributed by atoms with Crippen molar-refractivity contribution in [2.45, 2.75) is 4.73 Å². The molecule has 0 heterocycles. The maximum Gasteiger partial charge on any atom is 1.00 e. The SMILES string of the molecule is S=P(c1ccccc1)(c1ccccc1)C([S-])P(=S)(c1ccccc1)c1ccccc1.[Li+]. The zero-order valence-electron chi connectivity index (χ0n) is 17.2. The summed E-state index contributed by atoms with van der Waals surface area (Å²) in [5.74, 6) is 0. The molecule has 0 radical (unpaired) electrons. The van der Waals surface area contributed by atoms with Crippen LogP contribution in [0.25, 0.3) is 0 Å². The molecule has 0 amide bonds. The first-order chi connectivity index (χ1) is 14.6. The second-order valence-electron chi connectivity index (χ2n) is 6.98. The Morgan fingerprint density at radius 2 is 0.645 bits per heavy atom. The fourth-order valence-electron chi connectivity index (χ4n) is 3.64. The van der Waals surface area contributed by atoms with Gasteiger partial charge in [0.15, 0.2) is 0 Å². The Morgan fingerprint density at radius 3 is 0.839 bits per heavy atom. The molecule has 4 aromatic rings. The third kappa shape index (κ3) is 4.76. The Hall–Kier alpha value is -0.873. The van der Waals surface area contributed by atoms with Crippen LogP contribution in [0.3, 0.4) is 0 Å². The predicted octanol–water partition coefficient (Wildman–Crippen LogP) is 2.08. The third-order valence-corrected chi connectivity index (χ3v) is 20.2. The van der Waals surface area contributed by atoms with Crippen LogP contribution in [0, 0.1) is 0 Å². The molecule has 0 saturated heterocycles. The molecule has 0 bridgehead atoms. The van der Waals surface area contributed by atoms with Gasteiger partial charge in [-0.25, -0.2) is 0 Å². The Balaban J connectivity index is 0.00000272. The Morgan fingerprint density at radius 1 is 0.452 bits per heavy atom. The Bertz CT molecular complexity index is 1020. The molecular weight excluding hydrogens is 465 g/mol. The molecular formula is C25H21LiP2S3. The van der Waals surface area contributed by atoms with Crippen LogP contribution in [0.5, 0.6) is 0 Å². The Labute approximate surface area is 213 Å². The standard InChI is InChI=1S/C25H22P2S3.Li/c28-25(26(29,21-13-5-1-6-14-21)22-15-7-2-8-16-22)27(30,23-17-9-3-10-18-23)24-19-11-4-12-20-24;/h1-20,25,28H;/q;+1/p-1. The van der Waals surface area contributed by atoms with Crippen molar-refractivity contribution in [3.8, 4) is 0 Å². The van der Waals surface area contributed by atoms with Crippen LogP contribution in [0.4, 0.5) is 0 Å². The van der Waals surface area contributed by atoms with Gasteiger partial charge in [0.1, 0.15) is 0 Å². The quantitative estimate of drug-likeness (QED) is 0.233. The normalized spacial score (nSPS) is 11.7. The molecule has 31 heavy (non-hydrogen) atoms. The van der Waals surface area contributed by atoms with Gasteiger partial charge in [-0.2, -0.15) is 0 Å². The van der Waals surface area contributed by atoms with Crippen molar-refractivity contribution >= 4 is 69.5 Å². The van der Waals surface area contributed by atoms with Gasteiger partial charge in [-0.05, 0) is 33.3 Å². The number of hydrogen-bond acceptors (Lipinski definition) is 3. The summed E-state index contributed by atoms with van der Waals surface area (Å²) in [5, 5.41) is 4.53. The third-order valence-electron chi connectivity index (χ3n) is 5.18. The van der Waals surface area contributed by atoms with E-state index < -0.39 is 12.1 Å². The minimum Gasteiger partial charge on any atom is -0.777 e. The molecule has 4 rings (SSSR count). The van der Waals surface area contributed by atoms with E-state index in [4.69, 9.17) is 36.2 Å². The zero-order valence-corrected chi connectivity index (χ0v) is 21.5. The molecule has 6 heteroatoms. The van der Waals surface area contributed by atoms with Gasteiger partial charge in [-0.15, -0.1) is 0 Å². The van der Waals surface area contributed by atoms with Gasteiger partial charge < -0.3 is 12.6 Å². The van der Waals surface area contributed by atoms with Gasteiger partial charge in [-0.3, -0.25) is 0 Å². The van der Waals surface area contributed by atoms with E-state index in [9.17, 15) is 0 Å². The summed E-state index contributed by atoms with van der Waals surface area (Å²) in [6.07, 6.45) is 0. The average Bonchev–Trinajstić information content (AvgIpc) is 2.84. The fourth-order valence-corrected chi connectivity index (χ4v) is 17.1. The van der Waals surface area contributed by atoms with E-state index in [2.05, 4.69) is 97.1 Å². The van der Waals surface area contributed by atoms with E-state index in [0.29, 0.717) is 0 Å².